The van der Waals surface area contributed by atoms with Crippen LogP contribution in [0.4, 0.5) is 11.4 Å². The Morgan fingerprint density at radius 2 is 1.73 bits per heavy atom. The number of nitrogens with one attached hydrogen (secondary N) is 1. The Morgan fingerprint density at radius 1 is 1.08 bits per heavy atom. The average molecular weight is 374 g/mol. The van der Waals surface area contributed by atoms with E-state index in [4.69, 9.17) is 11.6 Å². The highest BCUT2D eigenvalue weighted by Crippen LogP contribution is 2.25. The number of hydrogen-bond acceptors (Lipinski definition) is 4. The SMILES string of the molecule is O=C(Nc1ccc(Cl)cc1C(=O)N1CCCC1)c1ccc([N+](=O)[O-])cc1. The summed E-state index contributed by atoms with van der Waals surface area (Å²) in [5.74, 6) is -0.637. The Labute approximate surface area is 154 Å². The maximum absolute atomic E-state index is 12.7. The van der Waals surface area contributed by atoms with Crippen LogP contribution < -0.4 is 5.32 Å². The Hall–Kier alpha value is -2.93. The smallest absolute Gasteiger partial charge is 0.269 e. The molecular weight excluding hydrogens is 358 g/mol. The molecule has 0 radical (unpaired) electrons. The van der Waals surface area contributed by atoms with Crippen molar-refractivity contribution in [1.29, 1.82) is 0 Å². The van der Waals surface area contributed by atoms with Crippen molar-refractivity contribution >= 4 is 34.8 Å². The second-order valence-corrected chi connectivity index (χ2v) is 6.38. The lowest BCUT2D eigenvalue weighted by Gasteiger charge is -2.18. The predicted octanol–water partition coefficient (Wildman–Crippen LogP) is 3.74. The van der Waals surface area contributed by atoms with Gasteiger partial charge >= 0.3 is 0 Å². The van der Waals surface area contributed by atoms with Crippen LogP contribution >= 0.6 is 11.6 Å². The first kappa shape index (κ1) is 17.9. The number of likely N-dealkylation sites (tertiary alicyclic amines) is 1. The second-order valence-electron chi connectivity index (χ2n) is 5.95. The van der Waals surface area contributed by atoms with Crippen LogP contribution in [0.5, 0.6) is 0 Å². The van der Waals surface area contributed by atoms with E-state index in [0.717, 1.165) is 12.8 Å². The monoisotopic (exact) mass is 373 g/mol. The molecule has 0 spiro atoms. The number of halogens is 1. The highest BCUT2D eigenvalue weighted by Gasteiger charge is 2.23. The fourth-order valence-electron chi connectivity index (χ4n) is 2.82. The molecule has 0 bridgehead atoms. The van der Waals surface area contributed by atoms with Crippen LogP contribution in [-0.4, -0.2) is 34.7 Å². The number of nitro benzene ring substituents is 1. The van der Waals surface area contributed by atoms with E-state index in [1.807, 2.05) is 0 Å². The minimum Gasteiger partial charge on any atom is -0.339 e. The number of rotatable bonds is 4. The van der Waals surface area contributed by atoms with E-state index >= 15 is 0 Å². The zero-order chi connectivity index (χ0) is 18.7. The maximum atomic E-state index is 12.7. The van der Waals surface area contributed by atoms with E-state index in [9.17, 15) is 19.7 Å². The second kappa shape index (κ2) is 7.53. The number of nitro groups is 1. The van der Waals surface area contributed by atoms with Crippen molar-refractivity contribution in [2.75, 3.05) is 18.4 Å². The summed E-state index contributed by atoms with van der Waals surface area (Å²) in [6.07, 6.45) is 1.91. The van der Waals surface area contributed by atoms with Gasteiger partial charge in [0, 0.05) is 35.8 Å². The number of carbonyl (C=O) groups is 2. The predicted molar refractivity (Wildman–Crippen MR) is 97.6 cm³/mol. The molecule has 3 rings (SSSR count). The van der Waals surface area contributed by atoms with Crippen molar-refractivity contribution in [2.45, 2.75) is 12.8 Å². The van der Waals surface area contributed by atoms with Crippen molar-refractivity contribution in [3.05, 3.63) is 68.7 Å². The Bertz CT molecular complexity index is 861. The molecule has 1 saturated heterocycles. The summed E-state index contributed by atoms with van der Waals surface area (Å²) in [5.41, 5.74) is 0.840. The Kier molecular flexibility index (Phi) is 5.18. The number of anilines is 1. The van der Waals surface area contributed by atoms with Crippen molar-refractivity contribution in [2.24, 2.45) is 0 Å². The van der Waals surface area contributed by atoms with Crippen molar-refractivity contribution in [1.82, 2.24) is 4.90 Å². The number of carbonyl (C=O) groups excluding carboxylic acids is 2. The molecule has 1 N–H and O–H groups in total. The summed E-state index contributed by atoms with van der Waals surface area (Å²) >= 11 is 6.02. The van der Waals surface area contributed by atoms with Gasteiger partial charge < -0.3 is 10.2 Å². The minimum absolute atomic E-state index is 0.0991. The first-order valence-corrected chi connectivity index (χ1v) is 8.48. The molecule has 1 aliphatic rings. The lowest BCUT2D eigenvalue weighted by molar-refractivity contribution is -0.384. The lowest BCUT2D eigenvalue weighted by Crippen LogP contribution is -2.28. The molecule has 2 amide bonds. The van der Waals surface area contributed by atoms with E-state index in [2.05, 4.69) is 5.32 Å². The number of nitrogens with zero attached hydrogens (tertiary/aromatic N) is 2. The van der Waals surface area contributed by atoms with Crippen LogP contribution in [0.3, 0.4) is 0 Å². The first-order chi connectivity index (χ1) is 12.5. The molecule has 8 heteroatoms. The standard InChI is InChI=1S/C18H16ClN3O4/c19-13-5-8-16(15(11-13)18(24)21-9-1-2-10-21)20-17(23)12-3-6-14(7-4-12)22(25)26/h3-8,11H,1-2,9-10H2,(H,20,23). The van der Waals surface area contributed by atoms with E-state index in [1.54, 1.807) is 17.0 Å². The van der Waals surface area contributed by atoms with Crippen LogP contribution in [0, 0.1) is 10.1 Å². The Balaban J connectivity index is 1.83. The third kappa shape index (κ3) is 3.83. The summed E-state index contributed by atoms with van der Waals surface area (Å²) in [4.78, 5) is 37.0. The average Bonchev–Trinajstić information content (AvgIpc) is 3.17. The molecule has 2 aromatic carbocycles. The van der Waals surface area contributed by atoms with Crippen molar-refractivity contribution < 1.29 is 14.5 Å². The van der Waals surface area contributed by atoms with Gasteiger partial charge in [-0.1, -0.05) is 11.6 Å². The number of non-ortho nitro benzene ring substituents is 1. The fraction of sp³-hybridized carbons (Fsp3) is 0.222. The normalized spacial score (nSPS) is 13.5. The summed E-state index contributed by atoms with van der Waals surface area (Å²) in [5, 5.41) is 13.8. The third-order valence-electron chi connectivity index (χ3n) is 4.19. The molecule has 0 unspecified atom stereocenters. The molecule has 1 fully saturated rings. The molecule has 0 atom stereocenters. The lowest BCUT2D eigenvalue weighted by atomic mass is 10.1. The van der Waals surface area contributed by atoms with E-state index in [0.29, 0.717) is 29.4 Å². The molecule has 7 nitrogen and oxygen atoms in total. The maximum Gasteiger partial charge on any atom is 0.269 e. The van der Waals surface area contributed by atoms with Gasteiger partial charge in [-0.05, 0) is 43.2 Å². The van der Waals surface area contributed by atoms with Gasteiger partial charge in [0.2, 0.25) is 0 Å². The van der Waals surface area contributed by atoms with E-state index in [1.165, 1.54) is 30.3 Å². The quantitative estimate of drug-likeness (QED) is 0.652. The highest BCUT2D eigenvalue weighted by atomic mass is 35.5. The van der Waals surface area contributed by atoms with Crippen LogP contribution in [-0.2, 0) is 0 Å². The topological polar surface area (TPSA) is 92.6 Å². The van der Waals surface area contributed by atoms with Gasteiger partial charge in [0.25, 0.3) is 17.5 Å². The summed E-state index contributed by atoms with van der Waals surface area (Å²) in [6.45, 7) is 1.36. The third-order valence-corrected chi connectivity index (χ3v) is 4.43. The van der Waals surface area contributed by atoms with Gasteiger partial charge in [-0.3, -0.25) is 19.7 Å². The summed E-state index contributed by atoms with van der Waals surface area (Å²) in [7, 11) is 0. The van der Waals surface area contributed by atoms with Gasteiger partial charge in [0.05, 0.1) is 16.2 Å². The van der Waals surface area contributed by atoms with Crippen LogP contribution in [0.15, 0.2) is 42.5 Å². The van der Waals surface area contributed by atoms with Gasteiger partial charge in [0.15, 0.2) is 0 Å². The number of amides is 2. The zero-order valence-electron chi connectivity index (χ0n) is 13.8. The molecule has 0 aliphatic carbocycles. The molecular formula is C18H16ClN3O4. The molecule has 134 valence electrons. The minimum atomic E-state index is -0.534. The Morgan fingerprint density at radius 3 is 2.35 bits per heavy atom. The van der Waals surface area contributed by atoms with Crippen molar-refractivity contribution in [3.63, 3.8) is 0 Å². The highest BCUT2D eigenvalue weighted by molar-refractivity contribution is 6.31. The largest absolute Gasteiger partial charge is 0.339 e. The summed E-state index contributed by atoms with van der Waals surface area (Å²) < 4.78 is 0. The first-order valence-electron chi connectivity index (χ1n) is 8.10. The summed E-state index contributed by atoms with van der Waals surface area (Å²) in [6, 6.07) is 9.95. The fourth-order valence-corrected chi connectivity index (χ4v) is 2.99. The van der Waals surface area contributed by atoms with E-state index < -0.39 is 10.8 Å². The number of benzene rings is 2. The van der Waals surface area contributed by atoms with Crippen LogP contribution in [0.25, 0.3) is 0 Å². The van der Waals surface area contributed by atoms with Crippen molar-refractivity contribution in [3.8, 4) is 0 Å². The van der Waals surface area contributed by atoms with Crippen LogP contribution in [0.1, 0.15) is 33.6 Å². The van der Waals surface area contributed by atoms with Gasteiger partial charge in [0.1, 0.15) is 0 Å². The number of hydrogen-bond donors (Lipinski definition) is 1. The van der Waals surface area contributed by atoms with Gasteiger partial charge in [-0.15, -0.1) is 0 Å². The molecule has 1 heterocycles. The van der Waals surface area contributed by atoms with E-state index in [-0.39, 0.29) is 17.2 Å². The molecule has 0 aromatic heterocycles. The molecule has 0 saturated carbocycles. The zero-order valence-corrected chi connectivity index (χ0v) is 14.5. The van der Waals surface area contributed by atoms with Crippen LogP contribution in [0.2, 0.25) is 5.02 Å². The van der Waals surface area contributed by atoms with Gasteiger partial charge in [-0.2, -0.15) is 0 Å². The molecule has 26 heavy (non-hydrogen) atoms. The van der Waals surface area contributed by atoms with Gasteiger partial charge in [-0.25, -0.2) is 0 Å². The molecule has 2 aromatic rings. The molecule has 1 aliphatic heterocycles.